The number of benzene rings is 2. The maximum absolute atomic E-state index is 12.9. The van der Waals surface area contributed by atoms with Gasteiger partial charge in [-0.3, -0.25) is 24.3 Å². The Morgan fingerprint density at radius 3 is 2.77 bits per heavy atom. The number of imide groups is 1. The smallest absolute Gasteiger partial charge is 0.255 e. The molecule has 3 N–H and O–H groups in total. The van der Waals surface area contributed by atoms with Gasteiger partial charge in [0.25, 0.3) is 5.91 Å². The number of hydrogen-bond acceptors (Lipinski definition) is 5. The van der Waals surface area contributed by atoms with Gasteiger partial charge in [0.15, 0.2) is 0 Å². The van der Waals surface area contributed by atoms with Crippen LogP contribution in [0.4, 0.5) is 5.69 Å². The van der Waals surface area contributed by atoms with E-state index in [-0.39, 0.29) is 18.2 Å². The molecule has 3 amide bonds. The Balaban J connectivity index is 1.47. The first-order valence-corrected chi connectivity index (χ1v) is 9.68. The summed E-state index contributed by atoms with van der Waals surface area (Å²) in [5, 5.41) is 2.32. The second-order valence-corrected chi connectivity index (χ2v) is 7.49. The molecule has 1 fully saturated rings. The van der Waals surface area contributed by atoms with Crippen LogP contribution in [0.2, 0.25) is 0 Å². The van der Waals surface area contributed by atoms with Gasteiger partial charge in [-0.15, -0.1) is 0 Å². The Bertz CT molecular complexity index is 1200. The number of carbonyl (C=O) groups is 3. The Morgan fingerprint density at radius 1 is 1.10 bits per heavy atom. The van der Waals surface area contributed by atoms with Crippen molar-refractivity contribution in [2.75, 3.05) is 5.73 Å². The molecule has 5 rings (SSSR count). The Labute approximate surface area is 172 Å². The minimum Gasteiger partial charge on any atom is -0.399 e. The molecule has 3 aromatic rings. The van der Waals surface area contributed by atoms with Crippen molar-refractivity contribution in [2.45, 2.75) is 25.4 Å². The highest BCUT2D eigenvalue weighted by molar-refractivity contribution is 6.05. The number of carbonyl (C=O) groups excluding carboxylic acids is 3. The molecule has 0 radical (unpaired) electrons. The molecule has 2 aliphatic heterocycles. The van der Waals surface area contributed by atoms with Gasteiger partial charge >= 0.3 is 0 Å². The van der Waals surface area contributed by atoms with E-state index in [1.54, 1.807) is 17.2 Å². The number of nitrogen functional groups attached to an aromatic ring is 1. The van der Waals surface area contributed by atoms with Crippen LogP contribution in [0.25, 0.3) is 17.1 Å². The molecule has 2 aromatic carbocycles. The molecule has 30 heavy (non-hydrogen) atoms. The standard InChI is InChI=1S/C22H19N5O3/c23-15-2-1-3-16(11-15)26-9-8-24-20(26)13-4-5-17-14(10-13)12-27(22(17)30)18-6-7-19(28)25-21(18)29/h1-5,8-11,18H,6-7,12,23H2,(H,25,28,29). The van der Waals surface area contributed by atoms with Gasteiger partial charge in [0.05, 0.1) is 0 Å². The number of nitrogens with zero attached hydrogens (tertiary/aromatic N) is 3. The van der Waals surface area contributed by atoms with Crippen molar-refractivity contribution in [3.63, 3.8) is 0 Å². The molecular weight excluding hydrogens is 382 g/mol. The van der Waals surface area contributed by atoms with Crippen molar-refractivity contribution < 1.29 is 14.4 Å². The summed E-state index contributed by atoms with van der Waals surface area (Å²) < 4.78 is 1.94. The molecule has 0 spiro atoms. The Hall–Kier alpha value is -3.94. The first-order chi connectivity index (χ1) is 14.5. The maximum atomic E-state index is 12.9. The quantitative estimate of drug-likeness (QED) is 0.514. The van der Waals surface area contributed by atoms with Crippen LogP contribution in [-0.4, -0.2) is 38.2 Å². The molecule has 3 heterocycles. The average Bonchev–Trinajstić information content (AvgIpc) is 3.33. The zero-order chi connectivity index (χ0) is 20.8. The highest BCUT2D eigenvalue weighted by atomic mass is 16.2. The average molecular weight is 401 g/mol. The van der Waals surface area contributed by atoms with E-state index >= 15 is 0 Å². The number of fused-ring (bicyclic) bond motifs is 1. The van der Waals surface area contributed by atoms with E-state index < -0.39 is 11.9 Å². The number of amides is 3. The van der Waals surface area contributed by atoms with E-state index in [0.29, 0.717) is 24.2 Å². The van der Waals surface area contributed by atoms with Gasteiger partial charge in [0.1, 0.15) is 11.9 Å². The van der Waals surface area contributed by atoms with Crippen LogP contribution in [0.3, 0.4) is 0 Å². The molecule has 8 nitrogen and oxygen atoms in total. The zero-order valence-electron chi connectivity index (χ0n) is 16.0. The van der Waals surface area contributed by atoms with E-state index in [1.807, 2.05) is 47.2 Å². The van der Waals surface area contributed by atoms with Gasteiger partial charge < -0.3 is 10.6 Å². The summed E-state index contributed by atoms with van der Waals surface area (Å²) in [5.74, 6) is -0.165. The van der Waals surface area contributed by atoms with Gasteiger partial charge in [-0.25, -0.2) is 4.98 Å². The second-order valence-electron chi connectivity index (χ2n) is 7.49. The van der Waals surface area contributed by atoms with Crippen LogP contribution >= 0.6 is 0 Å². The number of rotatable bonds is 3. The van der Waals surface area contributed by atoms with E-state index in [0.717, 1.165) is 22.6 Å². The van der Waals surface area contributed by atoms with E-state index in [1.165, 1.54) is 0 Å². The van der Waals surface area contributed by atoms with Crippen molar-refractivity contribution >= 4 is 23.4 Å². The fourth-order valence-electron chi connectivity index (χ4n) is 4.11. The molecule has 1 unspecified atom stereocenters. The first kappa shape index (κ1) is 18.1. The lowest BCUT2D eigenvalue weighted by Crippen LogP contribution is -2.52. The van der Waals surface area contributed by atoms with E-state index in [4.69, 9.17) is 5.73 Å². The van der Waals surface area contributed by atoms with Crippen LogP contribution in [-0.2, 0) is 16.1 Å². The molecule has 1 atom stereocenters. The highest BCUT2D eigenvalue weighted by Gasteiger charge is 2.39. The molecule has 1 aromatic heterocycles. The Morgan fingerprint density at radius 2 is 1.97 bits per heavy atom. The third-order valence-corrected chi connectivity index (χ3v) is 5.57. The number of imidazole rings is 1. The largest absolute Gasteiger partial charge is 0.399 e. The fourth-order valence-corrected chi connectivity index (χ4v) is 4.11. The van der Waals surface area contributed by atoms with Gasteiger partial charge in [-0.2, -0.15) is 0 Å². The predicted molar refractivity (Wildman–Crippen MR) is 109 cm³/mol. The number of nitrogens with one attached hydrogen (secondary N) is 1. The number of nitrogens with two attached hydrogens (primary N) is 1. The third kappa shape index (κ3) is 2.93. The lowest BCUT2D eigenvalue weighted by atomic mass is 10.0. The van der Waals surface area contributed by atoms with Crippen molar-refractivity contribution in [3.8, 4) is 17.1 Å². The molecular formula is C22H19N5O3. The molecule has 2 aliphatic rings. The highest BCUT2D eigenvalue weighted by Crippen LogP contribution is 2.31. The van der Waals surface area contributed by atoms with Gasteiger partial charge in [-0.1, -0.05) is 12.1 Å². The molecule has 8 heteroatoms. The first-order valence-electron chi connectivity index (χ1n) is 9.68. The molecule has 0 bridgehead atoms. The predicted octanol–water partition coefficient (Wildman–Crippen LogP) is 1.88. The van der Waals surface area contributed by atoms with Crippen LogP contribution in [0.15, 0.2) is 54.9 Å². The molecule has 0 aliphatic carbocycles. The van der Waals surface area contributed by atoms with Crippen LogP contribution in [0, 0.1) is 0 Å². The number of aromatic nitrogens is 2. The van der Waals surface area contributed by atoms with Crippen molar-refractivity contribution in [1.29, 1.82) is 0 Å². The van der Waals surface area contributed by atoms with E-state index in [9.17, 15) is 14.4 Å². The van der Waals surface area contributed by atoms with Gasteiger partial charge in [0, 0.05) is 47.9 Å². The lowest BCUT2D eigenvalue weighted by Gasteiger charge is -2.29. The van der Waals surface area contributed by atoms with Crippen LogP contribution in [0.5, 0.6) is 0 Å². The topological polar surface area (TPSA) is 110 Å². The summed E-state index contributed by atoms with van der Waals surface area (Å²) >= 11 is 0. The van der Waals surface area contributed by atoms with Gasteiger partial charge in [-0.05, 0) is 42.3 Å². The van der Waals surface area contributed by atoms with Crippen molar-refractivity contribution in [1.82, 2.24) is 19.8 Å². The number of anilines is 1. The van der Waals surface area contributed by atoms with Crippen molar-refractivity contribution in [2.24, 2.45) is 0 Å². The molecule has 1 saturated heterocycles. The van der Waals surface area contributed by atoms with Crippen molar-refractivity contribution in [3.05, 3.63) is 66.0 Å². The molecule has 150 valence electrons. The number of piperidine rings is 1. The SMILES string of the molecule is Nc1cccc(-n2ccnc2-c2ccc3c(c2)CN(C2CCC(=O)NC2=O)C3=O)c1. The zero-order valence-corrected chi connectivity index (χ0v) is 16.0. The molecule has 0 saturated carbocycles. The second kappa shape index (κ2) is 6.84. The minimum atomic E-state index is -0.625. The Kier molecular flexibility index (Phi) is 4.13. The van der Waals surface area contributed by atoms with Crippen LogP contribution < -0.4 is 11.1 Å². The summed E-state index contributed by atoms with van der Waals surface area (Å²) in [4.78, 5) is 42.6. The monoisotopic (exact) mass is 401 g/mol. The summed E-state index contributed by atoms with van der Waals surface area (Å²) in [6, 6.07) is 12.5. The minimum absolute atomic E-state index is 0.190. The van der Waals surface area contributed by atoms with Gasteiger partial charge in [0.2, 0.25) is 11.8 Å². The normalized spacial score (nSPS) is 18.5. The maximum Gasteiger partial charge on any atom is 0.255 e. The summed E-state index contributed by atoms with van der Waals surface area (Å²) in [5.41, 5.74) is 9.74. The summed E-state index contributed by atoms with van der Waals surface area (Å²) in [7, 11) is 0. The summed E-state index contributed by atoms with van der Waals surface area (Å²) in [6.07, 6.45) is 4.15. The van der Waals surface area contributed by atoms with E-state index in [2.05, 4.69) is 10.3 Å². The number of hydrogen-bond donors (Lipinski definition) is 2. The third-order valence-electron chi connectivity index (χ3n) is 5.57. The fraction of sp³-hybridized carbons (Fsp3) is 0.182. The lowest BCUT2D eigenvalue weighted by molar-refractivity contribution is -0.136. The van der Waals surface area contributed by atoms with Crippen LogP contribution in [0.1, 0.15) is 28.8 Å². The summed E-state index contributed by atoms with van der Waals surface area (Å²) in [6.45, 7) is 0.327.